The van der Waals surface area contributed by atoms with Crippen molar-refractivity contribution in [2.45, 2.75) is 12.5 Å². The third-order valence-corrected chi connectivity index (χ3v) is 3.57. The van der Waals surface area contributed by atoms with E-state index in [2.05, 4.69) is 19.9 Å². The SMILES string of the molecule is CC(O)(C(=O)O)c1ccccc1.O=C([O-])C=Cc1c[nH]cn1.O=C([O-])C=Cc1c[nH]cn1.[Se+2]. The molecule has 0 aliphatic rings. The van der Waals surface area contributed by atoms with Crippen LogP contribution in [0.1, 0.15) is 23.9 Å². The van der Waals surface area contributed by atoms with Gasteiger partial charge in [0.2, 0.25) is 0 Å². The van der Waals surface area contributed by atoms with Gasteiger partial charge in [-0.15, -0.1) is 0 Å². The van der Waals surface area contributed by atoms with Gasteiger partial charge in [-0.2, -0.15) is 0 Å². The largest absolute Gasteiger partial charge is 2.00 e. The van der Waals surface area contributed by atoms with Crippen molar-refractivity contribution >= 4 is 47.1 Å². The van der Waals surface area contributed by atoms with Crippen LogP contribution in [-0.2, 0) is 20.0 Å². The molecule has 1 aromatic carbocycles. The first-order chi connectivity index (χ1) is 15.1. The van der Waals surface area contributed by atoms with Gasteiger partial charge >= 0.3 is 23.0 Å². The number of nitrogens with zero attached hydrogens (tertiary/aromatic N) is 2. The Bertz CT molecular complexity index is 978. The summed E-state index contributed by atoms with van der Waals surface area (Å²) in [5.41, 5.74) is -0.257. The third kappa shape index (κ3) is 11.8. The molecule has 0 spiro atoms. The predicted molar refractivity (Wildman–Crippen MR) is 115 cm³/mol. The zero-order chi connectivity index (χ0) is 24.0. The fourth-order valence-corrected chi connectivity index (χ4v) is 1.92. The van der Waals surface area contributed by atoms with Gasteiger partial charge in [0.05, 0.1) is 36.0 Å². The number of carbonyl (C=O) groups is 3. The molecule has 1 unspecified atom stereocenters. The minimum atomic E-state index is -1.79. The van der Waals surface area contributed by atoms with E-state index < -0.39 is 23.5 Å². The van der Waals surface area contributed by atoms with Gasteiger partial charge in [0, 0.05) is 12.4 Å². The Morgan fingerprint density at radius 3 is 1.64 bits per heavy atom. The Morgan fingerprint density at radius 1 is 0.909 bits per heavy atom. The number of H-pyrrole nitrogens is 2. The monoisotopic (exact) mass is 520 g/mol. The predicted octanol–water partition coefficient (Wildman–Crippen LogP) is -1.06. The van der Waals surface area contributed by atoms with Crippen LogP contribution in [0.15, 0.2) is 67.5 Å². The quantitative estimate of drug-likeness (QED) is 0.232. The summed E-state index contributed by atoms with van der Waals surface area (Å²) in [4.78, 5) is 43.2. The summed E-state index contributed by atoms with van der Waals surface area (Å²) in [5.74, 6) is -3.68. The summed E-state index contributed by atoms with van der Waals surface area (Å²) < 4.78 is 0. The summed E-state index contributed by atoms with van der Waals surface area (Å²) in [6.45, 7) is 1.25. The maximum atomic E-state index is 10.6. The van der Waals surface area contributed by atoms with E-state index in [1.54, 1.807) is 42.7 Å². The first-order valence-electron chi connectivity index (χ1n) is 8.90. The molecule has 4 N–H and O–H groups in total. The van der Waals surface area contributed by atoms with Gasteiger partial charge in [-0.05, 0) is 36.8 Å². The van der Waals surface area contributed by atoms with Crippen molar-refractivity contribution in [1.29, 1.82) is 0 Å². The molecular formula is C21H20N4O7Se. The Kier molecular flexibility index (Phi) is 13.1. The Labute approximate surface area is 199 Å². The number of hydrogen-bond acceptors (Lipinski definition) is 8. The van der Waals surface area contributed by atoms with Crippen LogP contribution in [0.2, 0.25) is 0 Å². The van der Waals surface area contributed by atoms with E-state index in [4.69, 9.17) is 5.11 Å². The van der Waals surface area contributed by atoms with E-state index in [1.807, 2.05) is 0 Å². The summed E-state index contributed by atoms with van der Waals surface area (Å²) in [7, 11) is 0. The molecule has 2 aromatic heterocycles. The van der Waals surface area contributed by atoms with Crippen molar-refractivity contribution in [3.8, 4) is 0 Å². The number of aromatic nitrogens is 4. The second-order valence-electron chi connectivity index (χ2n) is 6.04. The average Bonchev–Trinajstić information content (AvgIpc) is 3.46. The van der Waals surface area contributed by atoms with E-state index in [9.17, 15) is 29.7 Å². The first kappa shape index (κ1) is 29.0. The van der Waals surface area contributed by atoms with Crippen LogP contribution in [0.3, 0.4) is 0 Å². The topological polar surface area (TPSA) is 195 Å². The van der Waals surface area contributed by atoms with Crippen LogP contribution < -0.4 is 10.2 Å². The number of imidazole rings is 2. The molecule has 0 amide bonds. The number of rotatable bonds is 6. The Hall–Kier alpha value is -3.99. The van der Waals surface area contributed by atoms with Crippen molar-refractivity contribution in [3.63, 3.8) is 0 Å². The van der Waals surface area contributed by atoms with E-state index in [0.717, 1.165) is 12.2 Å². The minimum Gasteiger partial charge on any atom is -0.545 e. The normalized spacial score (nSPS) is 11.8. The molecule has 172 valence electrons. The minimum absolute atomic E-state index is 0. The van der Waals surface area contributed by atoms with Crippen molar-refractivity contribution in [3.05, 3.63) is 84.5 Å². The van der Waals surface area contributed by atoms with Gasteiger partial charge < -0.3 is 40.0 Å². The number of carboxylic acids is 3. The van der Waals surface area contributed by atoms with Gasteiger partial charge in [-0.25, -0.2) is 14.8 Å². The van der Waals surface area contributed by atoms with Crippen molar-refractivity contribution in [2.24, 2.45) is 0 Å². The molecule has 0 fully saturated rings. The number of hydrogen-bond donors (Lipinski definition) is 4. The number of nitrogens with one attached hydrogen (secondary N) is 2. The number of carbonyl (C=O) groups excluding carboxylic acids is 2. The number of aliphatic hydroxyl groups is 1. The molecule has 4 radical (unpaired) electrons. The maximum absolute atomic E-state index is 10.6. The molecule has 0 saturated carbocycles. The zero-order valence-corrected chi connectivity index (χ0v) is 19.0. The number of benzene rings is 1. The average molecular weight is 519 g/mol. The van der Waals surface area contributed by atoms with Gasteiger partial charge in [0.1, 0.15) is 0 Å². The number of carboxylic acid groups (broad SMARTS) is 3. The van der Waals surface area contributed by atoms with Crippen LogP contribution in [0.5, 0.6) is 0 Å². The zero-order valence-electron chi connectivity index (χ0n) is 17.2. The summed E-state index contributed by atoms with van der Waals surface area (Å²) >= 11 is 0. The summed E-state index contributed by atoms with van der Waals surface area (Å²) in [6.07, 6.45) is 10.7. The van der Waals surface area contributed by atoms with Crippen LogP contribution in [0.25, 0.3) is 12.2 Å². The van der Waals surface area contributed by atoms with Gasteiger partial charge in [-0.1, -0.05) is 30.3 Å². The van der Waals surface area contributed by atoms with Gasteiger partial charge in [0.25, 0.3) is 0 Å². The smallest absolute Gasteiger partial charge is 0.545 e. The number of aliphatic carboxylic acids is 3. The molecule has 0 aliphatic carbocycles. The van der Waals surface area contributed by atoms with Crippen LogP contribution in [0, 0.1) is 0 Å². The Morgan fingerprint density at radius 2 is 1.33 bits per heavy atom. The maximum Gasteiger partial charge on any atom is 2.00 e. The van der Waals surface area contributed by atoms with Gasteiger partial charge in [0.15, 0.2) is 5.60 Å². The van der Waals surface area contributed by atoms with E-state index in [1.165, 1.54) is 31.7 Å². The molecule has 11 nitrogen and oxygen atoms in total. The fraction of sp³-hybridized carbons (Fsp3) is 0.0952. The second-order valence-corrected chi connectivity index (χ2v) is 6.04. The molecule has 3 rings (SSSR count). The van der Waals surface area contributed by atoms with Crippen LogP contribution in [-0.4, -0.2) is 65.1 Å². The molecule has 0 bridgehead atoms. The second kappa shape index (κ2) is 14.9. The van der Waals surface area contributed by atoms with Crippen molar-refractivity contribution in [1.82, 2.24) is 19.9 Å². The van der Waals surface area contributed by atoms with Crippen LogP contribution >= 0.6 is 0 Å². The molecular weight excluding hydrogens is 499 g/mol. The fourth-order valence-electron chi connectivity index (χ4n) is 1.92. The first-order valence-corrected chi connectivity index (χ1v) is 8.90. The summed E-state index contributed by atoms with van der Waals surface area (Å²) in [6, 6.07) is 8.29. The standard InChI is InChI=1S/C9H10O3.2C6H6N2O2.Se/c1-9(12,8(10)11)7-5-3-2-4-6-7;2*9-6(10)2-1-5-3-7-4-8-5;/h2-6,12H,1H3,(H,10,11);2*1-4H,(H,7,8)(H,9,10);/q;;;+2/p-2. The molecule has 0 aliphatic heterocycles. The van der Waals surface area contributed by atoms with Crippen molar-refractivity contribution in [2.75, 3.05) is 0 Å². The molecule has 1 atom stereocenters. The summed E-state index contributed by atoms with van der Waals surface area (Å²) in [5, 5.41) is 37.8. The van der Waals surface area contributed by atoms with E-state index in [0.29, 0.717) is 17.0 Å². The van der Waals surface area contributed by atoms with E-state index >= 15 is 0 Å². The third-order valence-electron chi connectivity index (χ3n) is 3.57. The molecule has 12 heteroatoms. The molecule has 3 aromatic rings. The Balaban J connectivity index is 0.000000461. The molecule has 0 saturated heterocycles. The van der Waals surface area contributed by atoms with E-state index in [-0.39, 0.29) is 17.1 Å². The molecule has 33 heavy (non-hydrogen) atoms. The van der Waals surface area contributed by atoms with Crippen LogP contribution in [0.4, 0.5) is 0 Å². The number of aromatic amines is 2. The van der Waals surface area contributed by atoms with Gasteiger partial charge in [-0.3, -0.25) is 0 Å². The molecule has 2 heterocycles. The van der Waals surface area contributed by atoms with Crippen molar-refractivity contribution < 1.29 is 34.8 Å².